The van der Waals surface area contributed by atoms with Crippen LogP contribution >= 0.6 is 0 Å². The largest absolute Gasteiger partial charge is 0.344 e. The summed E-state index contributed by atoms with van der Waals surface area (Å²) in [4.78, 5) is 0. The van der Waals surface area contributed by atoms with E-state index in [1.54, 1.807) is 0 Å². The molecule has 86 valence electrons. The van der Waals surface area contributed by atoms with Crippen molar-refractivity contribution in [1.82, 2.24) is 5.32 Å². The normalized spacial score (nSPS) is 33.7. The Kier molecular flexibility index (Phi) is 3.14. The van der Waals surface area contributed by atoms with E-state index >= 15 is 0 Å². The molecular formula is C12H21NO2. The van der Waals surface area contributed by atoms with Gasteiger partial charge >= 0.3 is 0 Å². The first-order valence-corrected chi connectivity index (χ1v) is 5.81. The third kappa shape index (κ3) is 2.41. The van der Waals surface area contributed by atoms with E-state index in [-0.39, 0.29) is 12.2 Å². The standard InChI is InChI=1S/C12H21NO2/c1-12(2)14-10-6-4-5-9(7-8-13-3)11(10)15-12/h5,10-11,13H,4,6-8H2,1-3H3/t10-,11+/m0/s1. The van der Waals surface area contributed by atoms with Gasteiger partial charge in [-0.3, -0.25) is 0 Å². The topological polar surface area (TPSA) is 30.5 Å². The minimum absolute atomic E-state index is 0.196. The molecule has 1 fully saturated rings. The van der Waals surface area contributed by atoms with Crippen LogP contribution in [-0.2, 0) is 9.47 Å². The molecule has 15 heavy (non-hydrogen) atoms. The number of ether oxygens (including phenoxy) is 2. The van der Waals surface area contributed by atoms with Gasteiger partial charge in [-0.15, -0.1) is 0 Å². The summed E-state index contributed by atoms with van der Waals surface area (Å²) in [5.41, 5.74) is 1.41. The van der Waals surface area contributed by atoms with Gasteiger partial charge in [0.1, 0.15) is 6.10 Å². The molecule has 0 radical (unpaired) electrons. The zero-order chi connectivity index (χ0) is 10.9. The summed E-state index contributed by atoms with van der Waals surface area (Å²) in [6.07, 6.45) is 6.08. The Morgan fingerprint density at radius 2 is 2.27 bits per heavy atom. The molecule has 2 atom stereocenters. The minimum Gasteiger partial charge on any atom is -0.344 e. The van der Waals surface area contributed by atoms with Gasteiger partial charge in [0.15, 0.2) is 5.79 Å². The van der Waals surface area contributed by atoms with Gasteiger partial charge in [0.25, 0.3) is 0 Å². The first-order chi connectivity index (χ1) is 7.12. The Hall–Kier alpha value is -0.380. The lowest BCUT2D eigenvalue weighted by Gasteiger charge is -2.24. The Morgan fingerprint density at radius 1 is 1.47 bits per heavy atom. The van der Waals surface area contributed by atoms with Crippen LogP contribution in [0.2, 0.25) is 0 Å². The first kappa shape index (κ1) is 11.1. The van der Waals surface area contributed by atoms with Crippen molar-refractivity contribution in [3.05, 3.63) is 11.6 Å². The van der Waals surface area contributed by atoms with Crippen LogP contribution < -0.4 is 5.32 Å². The maximum absolute atomic E-state index is 5.94. The summed E-state index contributed by atoms with van der Waals surface area (Å²) in [6.45, 7) is 5.01. The van der Waals surface area contributed by atoms with Crippen LogP contribution in [0.1, 0.15) is 33.1 Å². The van der Waals surface area contributed by atoms with Gasteiger partial charge in [-0.25, -0.2) is 0 Å². The summed E-state index contributed by atoms with van der Waals surface area (Å²) in [7, 11) is 1.98. The van der Waals surface area contributed by atoms with Crippen molar-refractivity contribution in [3.63, 3.8) is 0 Å². The Labute approximate surface area is 91.8 Å². The predicted molar refractivity (Wildman–Crippen MR) is 59.7 cm³/mol. The summed E-state index contributed by atoms with van der Waals surface area (Å²) in [6, 6.07) is 0. The molecule has 1 N–H and O–H groups in total. The van der Waals surface area contributed by atoms with Crippen molar-refractivity contribution in [2.24, 2.45) is 0 Å². The zero-order valence-corrected chi connectivity index (χ0v) is 9.88. The first-order valence-electron chi connectivity index (χ1n) is 5.81. The maximum atomic E-state index is 5.94. The molecule has 3 heteroatoms. The molecule has 2 rings (SSSR count). The molecule has 2 aliphatic rings. The van der Waals surface area contributed by atoms with Crippen molar-refractivity contribution in [1.29, 1.82) is 0 Å². The Balaban J connectivity index is 2.03. The van der Waals surface area contributed by atoms with E-state index in [0.29, 0.717) is 0 Å². The quantitative estimate of drug-likeness (QED) is 0.722. The molecule has 3 nitrogen and oxygen atoms in total. The fourth-order valence-corrected chi connectivity index (χ4v) is 2.42. The summed E-state index contributed by atoms with van der Waals surface area (Å²) in [5, 5.41) is 3.18. The van der Waals surface area contributed by atoms with Gasteiger partial charge in [-0.05, 0) is 52.3 Å². The van der Waals surface area contributed by atoms with Crippen LogP contribution in [0.5, 0.6) is 0 Å². The van der Waals surface area contributed by atoms with Crippen molar-refractivity contribution < 1.29 is 9.47 Å². The third-order valence-corrected chi connectivity index (χ3v) is 3.07. The smallest absolute Gasteiger partial charge is 0.164 e. The molecular weight excluding hydrogens is 190 g/mol. The van der Waals surface area contributed by atoms with Gasteiger partial charge in [0, 0.05) is 0 Å². The summed E-state index contributed by atoms with van der Waals surface area (Å²) < 4.78 is 11.8. The van der Waals surface area contributed by atoms with Crippen molar-refractivity contribution >= 4 is 0 Å². The number of rotatable bonds is 3. The third-order valence-electron chi connectivity index (χ3n) is 3.07. The average molecular weight is 211 g/mol. The highest BCUT2D eigenvalue weighted by atomic mass is 16.7. The molecule has 0 unspecified atom stereocenters. The number of hydrogen-bond donors (Lipinski definition) is 1. The Bertz CT molecular complexity index is 260. The highest BCUT2D eigenvalue weighted by Gasteiger charge is 2.43. The molecule has 1 aliphatic carbocycles. The SMILES string of the molecule is CNCCC1=CCC[C@@H]2OC(C)(C)O[C@H]12. The molecule has 1 heterocycles. The van der Waals surface area contributed by atoms with E-state index < -0.39 is 5.79 Å². The van der Waals surface area contributed by atoms with Gasteiger partial charge in [0.2, 0.25) is 0 Å². The molecule has 0 saturated carbocycles. The molecule has 1 aliphatic heterocycles. The number of nitrogens with one attached hydrogen (secondary N) is 1. The molecule has 0 bridgehead atoms. The van der Waals surface area contributed by atoms with E-state index in [0.717, 1.165) is 25.8 Å². The summed E-state index contributed by atoms with van der Waals surface area (Å²) in [5.74, 6) is -0.404. The second-order valence-corrected chi connectivity index (χ2v) is 4.80. The van der Waals surface area contributed by atoms with Crippen LogP contribution in [0.25, 0.3) is 0 Å². The molecule has 0 aromatic carbocycles. The number of allylic oxidation sites excluding steroid dienone is 1. The Morgan fingerprint density at radius 3 is 3.00 bits per heavy atom. The van der Waals surface area contributed by atoms with Crippen LogP contribution in [0.3, 0.4) is 0 Å². The second-order valence-electron chi connectivity index (χ2n) is 4.80. The maximum Gasteiger partial charge on any atom is 0.164 e. The molecule has 1 saturated heterocycles. The van der Waals surface area contributed by atoms with Crippen LogP contribution in [0.15, 0.2) is 11.6 Å². The van der Waals surface area contributed by atoms with Crippen molar-refractivity contribution in [2.75, 3.05) is 13.6 Å². The lowest BCUT2D eigenvalue weighted by molar-refractivity contribution is -0.143. The highest BCUT2D eigenvalue weighted by Crippen LogP contribution is 2.37. The fraction of sp³-hybridized carbons (Fsp3) is 0.833. The average Bonchev–Trinajstić information content (AvgIpc) is 2.49. The lowest BCUT2D eigenvalue weighted by Crippen LogP contribution is -2.29. The van der Waals surface area contributed by atoms with E-state index in [1.807, 2.05) is 20.9 Å². The summed E-state index contributed by atoms with van der Waals surface area (Å²) >= 11 is 0. The second kappa shape index (κ2) is 4.24. The van der Waals surface area contributed by atoms with Crippen LogP contribution in [0, 0.1) is 0 Å². The molecule has 0 aromatic rings. The van der Waals surface area contributed by atoms with Gasteiger partial charge < -0.3 is 14.8 Å². The van der Waals surface area contributed by atoms with E-state index in [2.05, 4.69) is 11.4 Å². The van der Waals surface area contributed by atoms with Gasteiger partial charge in [0.05, 0.1) is 6.10 Å². The molecule has 0 spiro atoms. The van der Waals surface area contributed by atoms with E-state index in [4.69, 9.17) is 9.47 Å². The predicted octanol–water partition coefficient (Wildman–Crippen LogP) is 1.84. The van der Waals surface area contributed by atoms with Crippen molar-refractivity contribution in [3.8, 4) is 0 Å². The molecule has 0 aromatic heterocycles. The number of hydrogen-bond acceptors (Lipinski definition) is 3. The fourth-order valence-electron chi connectivity index (χ4n) is 2.42. The van der Waals surface area contributed by atoms with E-state index in [1.165, 1.54) is 5.57 Å². The lowest BCUT2D eigenvalue weighted by atomic mass is 9.92. The highest BCUT2D eigenvalue weighted by molar-refractivity contribution is 5.17. The van der Waals surface area contributed by atoms with Gasteiger partial charge in [-0.2, -0.15) is 0 Å². The number of fused-ring (bicyclic) bond motifs is 1. The monoisotopic (exact) mass is 211 g/mol. The minimum atomic E-state index is -0.404. The van der Waals surface area contributed by atoms with Gasteiger partial charge in [-0.1, -0.05) is 6.08 Å². The van der Waals surface area contributed by atoms with Crippen molar-refractivity contribution in [2.45, 2.75) is 51.1 Å². The van der Waals surface area contributed by atoms with E-state index in [9.17, 15) is 0 Å². The zero-order valence-electron chi connectivity index (χ0n) is 9.88. The molecule has 0 amide bonds. The van der Waals surface area contributed by atoms with Crippen LogP contribution in [-0.4, -0.2) is 31.6 Å². The van der Waals surface area contributed by atoms with Crippen LogP contribution in [0.4, 0.5) is 0 Å².